The van der Waals surface area contributed by atoms with Crippen LogP contribution in [0.4, 0.5) is 0 Å². The Balaban J connectivity index is 1.67. The second-order valence-electron chi connectivity index (χ2n) is 6.43. The first-order chi connectivity index (χ1) is 12.6. The molecule has 3 N–H and O–H groups in total. The smallest absolute Gasteiger partial charge is 0.272 e. The summed E-state index contributed by atoms with van der Waals surface area (Å²) in [6.45, 7) is 4.90. The first-order valence-electron chi connectivity index (χ1n) is 8.91. The third-order valence-corrected chi connectivity index (χ3v) is 4.69. The van der Waals surface area contributed by atoms with E-state index in [4.69, 9.17) is 14.6 Å². The first-order valence-corrected chi connectivity index (χ1v) is 8.91. The van der Waals surface area contributed by atoms with E-state index in [9.17, 15) is 4.79 Å². The topological polar surface area (TPSA) is 96.5 Å². The zero-order valence-electron chi connectivity index (χ0n) is 15.1. The first kappa shape index (κ1) is 18.4. The Bertz CT molecular complexity index is 742. The van der Waals surface area contributed by atoms with Crippen LogP contribution in [0.15, 0.2) is 24.3 Å². The monoisotopic (exact) mass is 359 g/mol. The maximum Gasteiger partial charge on any atom is 0.272 e. The number of carbonyl (C=O) groups excluding carboxylic acids is 1. The standard InChI is InChI=1S/C19H25N3O4/c1-3-15-12(2)18(22-21-15)19(24)20-16-8-9-25-11-17(16)26-14-6-4-13(10-23)5-7-14/h4-7,16-17,23H,3,8-11H2,1-2H3,(H,20,24)(H,21,22). The summed E-state index contributed by atoms with van der Waals surface area (Å²) >= 11 is 0. The van der Waals surface area contributed by atoms with Crippen LogP contribution in [-0.2, 0) is 17.8 Å². The molecule has 1 aromatic carbocycles. The van der Waals surface area contributed by atoms with Gasteiger partial charge in [0.05, 0.1) is 19.3 Å². The summed E-state index contributed by atoms with van der Waals surface area (Å²) < 4.78 is 11.5. The van der Waals surface area contributed by atoms with E-state index in [0.29, 0.717) is 31.1 Å². The molecule has 2 heterocycles. The zero-order chi connectivity index (χ0) is 18.5. The molecule has 0 bridgehead atoms. The Morgan fingerprint density at radius 1 is 1.42 bits per heavy atom. The fourth-order valence-corrected chi connectivity index (χ4v) is 3.08. The summed E-state index contributed by atoms with van der Waals surface area (Å²) in [6, 6.07) is 7.09. The van der Waals surface area contributed by atoms with E-state index in [2.05, 4.69) is 15.5 Å². The molecule has 2 atom stereocenters. The van der Waals surface area contributed by atoms with E-state index in [0.717, 1.165) is 23.2 Å². The molecule has 0 radical (unpaired) electrons. The molecule has 0 aliphatic carbocycles. The Morgan fingerprint density at radius 2 is 2.19 bits per heavy atom. The van der Waals surface area contributed by atoms with Gasteiger partial charge in [0.2, 0.25) is 0 Å². The number of aliphatic hydroxyl groups excluding tert-OH is 1. The average molecular weight is 359 g/mol. The number of nitrogens with zero attached hydrogens (tertiary/aromatic N) is 1. The number of carbonyl (C=O) groups is 1. The largest absolute Gasteiger partial charge is 0.486 e. The Kier molecular flexibility index (Phi) is 5.90. The molecular weight excluding hydrogens is 334 g/mol. The SMILES string of the molecule is CCc1[nH]nc(C(=O)NC2CCOCC2Oc2ccc(CO)cc2)c1C. The Morgan fingerprint density at radius 3 is 2.85 bits per heavy atom. The maximum atomic E-state index is 12.6. The van der Waals surface area contributed by atoms with E-state index >= 15 is 0 Å². The van der Waals surface area contributed by atoms with Crippen molar-refractivity contribution >= 4 is 5.91 Å². The molecule has 1 fully saturated rings. The van der Waals surface area contributed by atoms with Crippen LogP contribution in [0.1, 0.15) is 40.7 Å². The van der Waals surface area contributed by atoms with Crippen LogP contribution in [-0.4, -0.2) is 46.6 Å². The van der Waals surface area contributed by atoms with Gasteiger partial charge < -0.3 is 19.9 Å². The van der Waals surface area contributed by atoms with Gasteiger partial charge >= 0.3 is 0 Å². The van der Waals surface area contributed by atoms with E-state index in [-0.39, 0.29) is 24.7 Å². The highest BCUT2D eigenvalue weighted by Gasteiger charge is 2.30. The number of aromatic nitrogens is 2. The van der Waals surface area contributed by atoms with E-state index in [1.807, 2.05) is 38.1 Å². The highest BCUT2D eigenvalue weighted by atomic mass is 16.5. The molecule has 26 heavy (non-hydrogen) atoms. The lowest BCUT2D eigenvalue weighted by atomic mass is 10.0. The van der Waals surface area contributed by atoms with Gasteiger partial charge in [-0.05, 0) is 37.5 Å². The summed E-state index contributed by atoms with van der Waals surface area (Å²) in [6.07, 6.45) is 1.20. The predicted octanol–water partition coefficient (Wildman–Crippen LogP) is 1.74. The number of amides is 1. The van der Waals surface area contributed by atoms with Gasteiger partial charge in [0.25, 0.3) is 5.91 Å². The third kappa shape index (κ3) is 4.05. The fraction of sp³-hybridized carbons (Fsp3) is 0.474. The minimum atomic E-state index is -0.280. The van der Waals surface area contributed by atoms with Gasteiger partial charge in [0.1, 0.15) is 11.9 Å². The van der Waals surface area contributed by atoms with Gasteiger partial charge in [-0.1, -0.05) is 19.1 Å². The number of aromatic amines is 1. The van der Waals surface area contributed by atoms with Crippen molar-refractivity contribution in [3.8, 4) is 5.75 Å². The van der Waals surface area contributed by atoms with Crippen LogP contribution in [0.3, 0.4) is 0 Å². The Hall–Kier alpha value is -2.38. The number of hydrogen-bond acceptors (Lipinski definition) is 5. The van der Waals surface area contributed by atoms with Crippen LogP contribution >= 0.6 is 0 Å². The van der Waals surface area contributed by atoms with Gasteiger partial charge in [0, 0.05) is 17.9 Å². The normalized spacial score (nSPS) is 20.0. The van der Waals surface area contributed by atoms with Crippen molar-refractivity contribution in [3.05, 3.63) is 46.8 Å². The molecule has 140 valence electrons. The molecule has 1 aromatic heterocycles. The number of H-pyrrole nitrogens is 1. The lowest BCUT2D eigenvalue weighted by molar-refractivity contribution is -0.0135. The molecular formula is C19H25N3O4. The average Bonchev–Trinajstić information content (AvgIpc) is 3.04. The van der Waals surface area contributed by atoms with E-state index in [1.165, 1.54) is 0 Å². The van der Waals surface area contributed by atoms with E-state index < -0.39 is 0 Å². The van der Waals surface area contributed by atoms with Crippen molar-refractivity contribution in [1.82, 2.24) is 15.5 Å². The van der Waals surface area contributed by atoms with Crippen molar-refractivity contribution in [3.63, 3.8) is 0 Å². The van der Waals surface area contributed by atoms with Crippen molar-refractivity contribution in [2.24, 2.45) is 0 Å². The summed E-state index contributed by atoms with van der Waals surface area (Å²) in [5, 5.41) is 19.2. The zero-order valence-corrected chi connectivity index (χ0v) is 15.1. The molecule has 7 nitrogen and oxygen atoms in total. The molecule has 1 aliphatic heterocycles. The van der Waals surface area contributed by atoms with Crippen molar-refractivity contribution in [2.75, 3.05) is 13.2 Å². The number of aliphatic hydroxyl groups is 1. The number of ether oxygens (including phenoxy) is 2. The third-order valence-electron chi connectivity index (χ3n) is 4.69. The van der Waals surface area contributed by atoms with Gasteiger partial charge in [-0.3, -0.25) is 9.89 Å². The van der Waals surface area contributed by atoms with Gasteiger partial charge in [-0.25, -0.2) is 0 Å². The number of nitrogens with one attached hydrogen (secondary N) is 2. The van der Waals surface area contributed by atoms with Gasteiger partial charge in [-0.2, -0.15) is 5.10 Å². The number of hydrogen-bond donors (Lipinski definition) is 3. The number of benzene rings is 1. The number of aryl methyl sites for hydroxylation is 1. The molecule has 0 saturated carbocycles. The van der Waals surface area contributed by atoms with Crippen LogP contribution in [0.2, 0.25) is 0 Å². The van der Waals surface area contributed by atoms with E-state index in [1.54, 1.807) is 0 Å². The van der Waals surface area contributed by atoms with Crippen LogP contribution in [0.5, 0.6) is 5.75 Å². The van der Waals surface area contributed by atoms with Crippen LogP contribution in [0, 0.1) is 6.92 Å². The maximum absolute atomic E-state index is 12.6. The van der Waals surface area contributed by atoms with Crippen LogP contribution < -0.4 is 10.1 Å². The quantitative estimate of drug-likeness (QED) is 0.730. The molecule has 1 amide bonds. The van der Waals surface area contributed by atoms with Crippen molar-refractivity contribution < 1.29 is 19.4 Å². The lowest BCUT2D eigenvalue weighted by Gasteiger charge is -2.32. The number of rotatable bonds is 6. The second-order valence-corrected chi connectivity index (χ2v) is 6.43. The minimum absolute atomic E-state index is 0.00569. The molecule has 2 unspecified atom stereocenters. The molecule has 2 aromatic rings. The predicted molar refractivity (Wildman–Crippen MR) is 96.2 cm³/mol. The highest BCUT2D eigenvalue weighted by Crippen LogP contribution is 2.19. The summed E-state index contributed by atoms with van der Waals surface area (Å²) in [7, 11) is 0. The van der Waals surface area contributed by atoms with Crippen LogP contribution in [0.25, 0.3) is 0 Å². The second kappa shape index (κ2) is 8.33. The van der Waals surface area contributed by atoms with Gasteiger partial charge in [0.15, 0.2) is 5.69 Å². The minimum Gasteiger partial charge on any atom is -0.486 e. The van der Waals surface area contributed by atoms with Gasteiger partial charge in [-0.15, -0.1) is 0 Å². The van der Waals surface area contributed by atoms with Crippen molar-refractivity contribution in [2.45, 2.75) is 45.4 Å². The summed E-state index contributed by atoms with van der Waals surface area (Å²) in [4.78, 5) is 12.6. The summed E-state index contributed by atoms with van der Waals surface area (Å²) in [5.74, 6) is 0.482. The Labute approximate surface area is 152 Å². The molecule has 0 spiro atoms. The lowest BCUT2D eigenvalue weighted by Crippen LogP contribution is -2.51. The summed E-state index contributed by atoms with van der Waals surface area (Å²) in [5.41, 5.74) is 3.11. The highest BCUT2D eigenvalue weighted by molar-refractivity contribution is 5.94. The van der Waals surface area contributed by atoms with Crippen molar-refractivity contribution in [1.29, 1.82) is 0 Å². The molecule has 1 saturated heterocycles. The fourth-order valence-electron chi connectivity index (χ4n) is 3.08. The molecule has 3 rings (SSSR count). The molecule has 1 aliphatic rings. The molecule has 7 heteroatoms.